The second kappa shape index (κ2) is 3.33. The molecule has 0 saturated carbocycles. The maximum atomic E-state index is 12.8. The van der Waals surface area contributed by atoms with Gasteiger partial charge < -0.3 is 15.3 Å². The van der Waals surface area contributed by atoms with Gasteiger partial charge in [-0.05, 0) is 12.1 Å². The van der Waals surface area contributed by atoms with Gasteiger partial charge in [-0.2, -0.15) is 0 Å². The number of rotatable bonds is 2. The van der Waals surface area contributed by atoms with E-state index in [0.717, 1.165) is 0 Å². The Morgan fingerprint density at radius 1 is 1.14 bits per heavy atom. The summed E-state index contributed by atoms with van der Waals surface area (Å²) in [5, 5.41) is 25.9. The third kappa shape index (κ3) is 1.63. The van der Waals surface area contributed by atoms with Gasteiger partial charge in [0, 0.05) is 0 Å². The molecule has 0 radical (unpaired) electrons. The van der Waals surface area contributed by atoms with Crippen molar-refractivity contribution in [3.63, 3.8) is 0 Å². The molecule has 74 valence electrons. The van der Waals surface area contributed by atoms with Gasteiger partial charge in [-0.15, -0.1) is 0 Å². The Kier molecular flexibility index (Phi) is 2.37. The molecule has 0 spiro atoms. The molecule has 0 aliphatic rings. The maximum Gasteiger partial charge on any atom is 0.339 e. The van der Waals surface area contributed by atoms with Crippen LogP contribution in [0.5, 0.6) is 5.75 Å². The lowest BCUT2D eigenvalue weighted by Crippen LogP contribution is -2.04. The molecular weight excluding hydrogens is 195 g/mol. The highest BCUT2D eigenvalue weighted by atomic mass is 19.1. The van der Waals surface area contributed by atoms with E-state index in [1.807, 2.05) is 0 Å². The zero-order valence-corrected chi connectivity index (χ0v) is 6.69. The predicted molar refractivity (Wildman–Crippen MR) is 42.0 cm³/mol. The first-order valence-electron chi connectivity index (χ1n) is 3.42. The number of hydrogen-bond donors (Lipinski definition) is 3. The summed E-state index contributed by atoms with van der Waals surface area (Å²) < 4.78 is 12.8. The summed E-state index contributed by atoms with van der Waals surface area (Å²) in [5.41, 5.74) is -1.31. The summed E-state index contributed by atoms with van der Waals surface area (Å²) in [6.45, 7) is 0. The van der Waals surface area contributed by atoms with Gasteiger partial charge in [0.2, 0.25) is 0 Å². The molecule has 3 N–H and O–H groups in total. The molecule has 0 fully saturated rings. The van der Waals surface area contributed by atoms with Gasteiger partial charge in [-0.3, -0.25) is 0 Å². The van der Waals surface area contributed by atoms with Gasteiger partial charge in [-0.1, -0.05) is 0 Å². The summed E-state index contributed by atoms with van der Waals surface area (Å²) in [4.78, 5) is 20.8. The zero-order valence-electron chi connectivity index (χ0n) is 6.69. The molecule has 0 unspecified atom stereocenters. The fraction of sp³-hybridized carbons (Fsp3) is 0. The molecule has 0 aromatic heterocycles. The van der Waals surface area contributed by atoms with E-state index in [2.05, 4.69) is 0 Å². The molecule has 0 bridgehead atoms. The Bertz CT molecular complexity index is 412. The number of aromatic hydroxyl groups is 1. The summed E-state index contributed by atoms with van der Waals surface area (Å²) >= 11 is 0. The highest BCUT2D eigenvalue weighted by molar-refractivity contribution is 5.95. The van der Waals surface area contributed by atoms with E-state index in [4.69, 9.17) is 15.3 Å². The fourth-order valence-electron chi connectivity index (χ4n) is 0.886. The Hall–Kier alpha value is -2.11. The van der Waals surface area contributed by atoms with Crippen molar-refractivity contribution in [3.05, 3.63) is 29.1 Å². The molecule has 5 nitrogen and oxygen atoms in total. The minimum Gasteiger partial charge on any atom is -0.504 e. The minimum atomic E-state index is -1.59. The van der Waals surface area contributed by atoms with E-state index < -0.39 is 34.6 Å². The van der Waals surface area contributed by atoms with Crippen LogP contribution in [0, 0.1) is 5.82 Å². The van der Waals surface area contributed by atoms with Gasteiger partial charge >= 0.3 is 11.9 Å². The lowest BCUT2D eigenvalue weighted by Gasteiger charge is -2.02. The van der Waals surface area contributed by atoms with Crippen LogP contribution in [0.15, 0.2) is 12.1 Å². The second-order valence-corrected chi connectivity index (χ2v) is 2.46. The van der Waals surface area contributed by atoms with E-state index in [0.29, 0.717) is 12.1 Å². The number of aromatic carboxylic acids is 2. The lowest BCUT2D eigenvalue weighted by atomic mass is 10.1. The Morgan fingerprint density at radius 3 is 2.14 bits per heavy atom. The van der Waals surface area contributed by atoms with Crippen molar-refractivity contribution < 1.29 is 29.3 Å². The molecule has 0 saturated heterocycles. The van der Waals surface area contributed by atoms with E-state index in [9.17, 15) is 14.0 Å². The maximum absolute atomic E-state index is 12.8. The molecule has 0 atom stereocenters. The number of carboxylic acids is 2. The highest BCUT2D eigenvalue weighted by Gasteiger charge is 2.17. The first-order valence-corrected chi connectivity index (χ1v) is 3.42. The van der Waals surface area contributed by atoms with Crippen LogP contribution in [-0.4, -0.2) is 27.3 Å². The van der Waals surface area contributed by atoms with E-state index in [1.54, 1.807) is 0 Å². The third-order valence-corrected chi connectivity index (χ3v) is 1.54. The summed E-state index contributed by atoms with van der Waals surface area (Å²) in [7, 11) is 0. The normalized spacial score (nSPS) is 9.79. The second-order valence-electron chi connectivity index (χ2n) is 2.46. The fourth-order valence-corrected chi connectivity index (χ4v) is 0.886. The van der Waals surface area contributed by atoms with Crippen LogP contribution < -0.4 is 0 Å². The molecule has 0 aliphatic carbocycles. The van der Waals surface area contributed by atoms with Crippen molar-refractivity contribution in [2.24, 2.45) is 0 Å². The number of carbonyl (C=O) groups is 2. The quantitative estimate of drug-likeness (QED) is 0.659. The Morgan fingerprint density at radius 2 is 1.71 bits per heavy atom. The molecule has 14 heavy (non-hydrogen) atoms. The Labute approximate surface area is 77.0 Å². The molecular formula is C8H5FO5. The largest absolute Gasteiger partial charge is 0.504 e. The van der Waals surface area contributed by atoms with Crippen LogP contribution in [0.1, 0.15) is 20.7 Å². The highest BCUT2D eigenvalue weighted by Crippen LogP contribution is 2.23. The third-order valence-electron chi connectivity index (χ3n) is 1.54. The summed E-state index contributed by atoms with van der Waals surface area (Å²) in [6.07, 6.45) is 0. The molecule has 1 aromatic carbocycles. The number of carboxylic acid groups (broad SMARTS) is 2. The molecule has 6 heteroatoms. The van der Waals surface area contributed by atoms with Crippen LogP contribution >= 0.6 is 0 Å². The smallest absolute Gasteiger partial charge is 0.339 e. The van der Waals surface area contributed by atoms with E-state index >= 15 is 0 Å². The van der Waals surface area contributed by atoms with Crippen molar-refractivity contribution in [2.45, 2.75) is 0 Å². The van der Waals surface area contributed by atoms with Gasteiger partial charge in [-0.25, -0.2) is 14.0 Å². The summed E-state index contributed by atoms with van der Waals surface area (Å²) in [5.74, 6) is -5.40. The SMILES string of the molecule is O=C(O)c1cc(F)c(O)c(C(=O)O)c1. The van der Waals surface area contributed by atoms with Gasteiger partial charge in [0.05, 0.1) is 5.56 Å². The molecule has 0 heterocycles. The van der Waals surface area contributed by atoms with Crippen molar-refractivity contribution in [1.29, 1.82) is 0 Å². The predicted octanol–water partition coefficient (Wildman–Crippen LogP) is 0.928. The number of benzene rings is 1. The van der Waals surface area contributed by atoms with Crippen LogP contribution in [-0.2, 0) is 0 Å². The average molecular weight is 200 g/mol. The average Bonchev–Trinajstić information content (AvgIpc) is 2.08. The first kappa shape index (κ1) is 9.97. The van der Waals surface area contributed by atoms with Crippen LogP contribution in [0.2, 0.25) is 0 Å². The zero-order chi connectivity index (χ0) is 10.9. The van der Waals surface area contributed by atoms with Gasteiger partial charge in [0.25, 0.3) is 0 Å². The first-order chi connectivity index (χ1) is 6.43. The molecule has 0 aliphatic heterocycles. The van der Waals surface area contributed by atoms with Crippen LogP contribution in [0.3, 0.4) is 0 Å². The molecule has 1 aromatic rings. The van der Waals surface area contributed by atoms with Crippen molar-refractivity contribution in [3.8, 4) is 5.75 Å². The van der Waals surface area contributed by atoms with Crippen LogP contribution in [0.4, 0.5) is 4.39 Å². The molecule has 1 rings (SSSR count). The van der Waals surface area contributed by atoms with E-state index in [-0.39, 0.29) is 0 Å². The van der Waals surface area contributed by atoms with Crippen molar-refractivity contribution in [1.82, 2.24) is 0 Å². The number of hydrogen-bond acceptors (Lipinski definition) is 3. The minimum absolute atomic E-state index is 0.530. The topological polar surface area (TPSA) is 94.8 Å². The van der Waals surface area contributed by atoms with Gasteiger partial charge in [0.15, 0.2) is 11.6 Å². The van der Waals surface area contributed by atoms with Gasteiger partial charge in [0.1, 0.15) is 5.56 Å². The standard InChI is InChI=1S/C8H5FO5/c9-5-2-3(7(11)12)1-4(6(5)10)8(13)14/h1-2,10H,(H,11,12)(H,13,14). The monoisotopic (exact) mass is 200 g/mol. The van der Waals surface area contributed by atoms with Crippen LogP contribution in [0.25, 0.3) is 0 Å². The number of phenols is 1. The number of halogens is 1. The Balaban J connectivity index is 3.43. The summed E-state index contributed by atoms with van der Waals surface area (Å²) in [6, 6.07) is 1.23. The molecule has 0 amide bonds. The lowest BCUT2D eigenvalue weighted by molar-refractivity contribution is 0.0692. The van der Waals surface area contributed by atoms with Crippen molar-refractivity contribution in [2.75, 3.05) is 0 Å². The van der Waals surface area contributed by atoms with Crippen molar-refractivity contribution >= 4 is 11.9 Å². The van der Waals surface area contributed by atoms with E-state index in [1.165, 1.54) is 0 Å².